The first-order valence-corrected chi connectivity index (χ1v) is 7.32. The molecule has 0 radical (unpaired) electrons. The molecule has 1 amide bonds. The van der Waals surface area contributed by atoms with Crippen LogP contribution in [-0.4, -0.2) is 25.7 Å². The third-order valence-electron chi connectivity index (χ3n) is 3.48. The summed E-state index contributed by atoms with van der Waals surface area (Å²) < 4.78 is 1.78. The number of imidazole rings is 1. The predicted molar refractivity (Wildman–Crippen MR) is 84.3 cm³/mol. The number of fused-ring (bicyclic) bond motifs is 1. The van der Waals surface area contributed by atoms with E-state index in [4.69, 9.17) is 0 Å². The topological polar surface area (TPSA) is 75.6 Å². The van der Waals surface area contributed by atoms with Gasteiger partial charge in [-0.25, -0.2) is 4.98 Å². The number of nitrogens with one attached hydrogen (secondary N) is 2. The third kappa shape index (κ3) is 3.33. The second-order valence-corrected chi connectivity index (χ2v) is 5.45. The molecule has 0 aliphatic heterocycles. The summed E-state index contributed by atoms with van der Waals surface area (Å²) in [7, 11) is 0. The summed E-state index contributed by atoms with van der Waals surface area (Å²) in [5.74, 6) is 0.758. The SMILES string of the molecule is Cc1ccc2nc(CNC(=O)CCn3ccc(C)n3)[nH]c2c1. The molecule has 0 atom stereocenters. The average Bonchev–Trinajstić information content (AvgIpc) is 3.08. The van der Waals surface area contributed by atoms with Crippen molar-refractivity contribution in [3.05, 3.63) is 47.5 Å². The van der Waals surface area contributed by atoms with Crippen LogP contribution in [0.25, 0.3) is 11.0 Å². The summed E-state index contributed by atoms with van der Waals surface area (Å²) >= 11 is 0. The number of H-pyrrole nitrogens is 1. The van der Waals surface area contributed by atoms with E-state index in [0.717, 1.165) is 22.6 Å². The molecule has 6 nitrogen and oxygen atoms in total. The molecule has 0 spiro atoms. The molecule has 22 heavy (non-hydrogen) atoms. The Hall–Kier alpha value is -2.63. The summed E-state index contributed by atoms with van der Waals surface area (Å²) in [6.45, 7) is 4.96. The lowest BCUT2D eigenvalue weighted by atomic mass is 10.2. The Labute approximate surface area is 128 Å². The predicted octanol–water partition coefficient (Wildman–Crippen LogP) is 2.08. The first-order valence-electron chi connectivity index (χ1n) is 7.32. The summed E-state index contributed by atoms with van der Waals surface area (Å²) in [5.41, 5.74) is 4.05. The highest BCUT2D eigenvalue weighted by Crippen LogP contribution is 2.13. The number of benzene rings is 1. The zero-order chi connectivity index (χ0) is 15.5. The second-order valence-electron chi connectivity index (χ2n) is 5.45. The van der Waals surface area contributed by atoms with Gasteiger partial charge in [-0.3, -0.25) is 9.48 Å². The van der Waals surface area contributed by atoms with Gasteiger partial charge in [0.1, 0.15) is 5.82 Å². The van der Waals surface area contributed by atoms with E-state index < -0.39 is 0 Å². The number of aromatic nitrogens is 4. The fourth-order valence-corrected chi connectivity index (χ4v) is 2.33. The van der Waals surface area contributed by atoms with Crippen LogP contribution in [0.15, 0.2) is 30.5 Å². The number of amides is 1. The van der Waals surface area contributed by atoms with Crippen LogP contribution in [0.2, 0.25) is 0 Å². The molecule has 2 heterocycles. The molecular formula is C16H19N5O. The zero-order valence-corrected chi connectivity index (χ0v) is 12.8. The summed E-state index contributed by atoms with van der Waals surface area (Å²) in [6.07, 6.45) is 2.28. The highest BCUT2D eigenvalue weighted by molar-refractivity contribution is 5.77. The molecule has 0 saturated carbocycles. The summed E-state index contributed by atoms with van der Waals surface area (Å²) in [5, 5.41) is 7.13. The Bertz CT molecular complexity index is 802. The Morgan fingerprint density at radius 3 is 2.95 bits per heavy atom. The number of rotatable bonds is 5. The summed E-state index contributed by atoms with van der Waals surface area (Å²) in [4.78, 5) is 19.6. The molecule has 1 aromatic carbocycles. The zero-order valence-electron chi connectivity index (χ0n) is 12.8. The quantitative estimate of drug-likeness (QED) is 0.757. The molecule has 0 aliphatic rings. The van der Waals surface area contributed by atoms with E-state index in [1.54, 1.807) is 4.68 Å². The molecule has 6 heteroatoms. The van der Waals surface area contributed by atoms with Crippen LogP contribution in [0.1, 0.15) is 23.5 Å². The highest BCUT2D eigenvalue weighted by atomic mass is 16.1. The van der Waals surface area contributed by atoms with Gasteiger partial charge in [0.2, 0.25) is 5.91 Å². The van der Waals surface area contributed by atoms with Crippen LogP contribution in [0.3, 0.4) is 0 Å². The van der Waals surface area contributed by atoms with E-state index in [1.807, 2.05) is 44.3 Å². The van der Waals surface area contributed by atoms with Gasteiger partial charge >= 0.3 is 0 Å². The first kappa shape index (κ1) is 14.3. The normalized spacial score (nSPS) is 11.0. The first-order chi connectivity index (χ1) is 10.6. The van der Waals surface area contributed by atoms with Gasteiger partial charge in [0.15, 0.2) is 0 Å². The van der Waals surface area contributed by atoms with Crippen LogP contribution in [-0.2, 0) is 17.9 Å². The molecule has 0 fully saturated rings. The fourth-order valence-electron chi connectivity index (χ4n) is 2.33. The highest BCUT2D eigenvalue weighted by Gasteiger charge is 2.06. The van der Waals surface area contributed by atoms with Crippen LogP contribution < -0.4 is 5.32 Å². The molecule has 0 aliphatic carbocycles. The third-order valence-corrected chi connectivity index (χ3v) is 3.48. The minimum absolute atomic E-state index is 0.00945. The van der Waals surface area contributed by atoms with E-state index in [1.165, 1.54) is 5.56 Å². The Morgan fingerprint density at radius 2 is 2.18 bits per heavy atom. The number of carbonyl (C=O) groups is 1. The van der Waals surface area contributed by atoms with Crippen molar-refractivity contribution in [3.8, 4) is 0 Å². The number of aromatic amines is 1. The fraction of sp³-hybridized carbons (Fsp3) is 0.312. The van der Waals surface area contributed by atoms with E-state index in [2.05, 4.69) is 20.4 Å². The minimum Gasteiger partial charge on any atom is -0.349 e. The Morgan fingerprint density at radius 1 is 1.32 bits per heavy atom. The van der Waals surface area contributed by atoms with E-state index in [-0.39, 0.29) is 5.91 Å². The lowest BCUT2D eigenvalue weighted by molar-refractivity contribution is -0.121. The van der Waals surface area contributed by atoms with Gasteiger partial charge in [0, 0.05) is 19.2 Å². The molecule has 2 N–H and O–H groups in total. The number of nitrogens with zero attached hydrogens (tertiary/aromatic N) is 3. The molecule has 3 rings (SSSR count). The van der Waals surface area contributed by atoms with Crippen LogP contribution in [0, 0.1) is 13.8 Å². The van der Waals surface area contributed by atoms with E-state index in [0.29, 0.717) is 19.5 Å². The molecule has 3 aromatic rings. The van der Waals surface area contributed by atoms with Crippen molar-refractivity contribution in [2.24, 2.45) is 0 Å². The standard InChI is InChI=1S/C16H19N5O/c1-11-3-4-13-14(9-11)19-15(18-13)10-17-16(22)6-8-21-7-5-12(2)20-21/h3-5,7,9H,6,8,10H2,1-2H3,(H,17,22)(H,18,19). The summed E-state index contributed by atoms with van der Waals surface area (Å²) in [6, 6.07) is 7.98. The van der Waals surface area contributed by atoms with Crippen molar-refractivity contribution in [1.82, 2.24) is 25.1 Å². The van der Waals surface area contributed by atoms with Gasteiger partial charge in [-0.15, -0.1) is 0 Å². The largest absolute Gasteiger partial charge is 0.349 e. The van der Waals surface area contributed by atoms with Crippen molar-refractivity contribution in [2.75, 3.05) is 0 Å². The maximum absolute atomic E-state index is 11.9. The van der Waals surface area contributed by atoms with Crippen LogP contribution in [0.4, 0.5) is 0 Å². The number of hydrogen-bond acceptors (Lipinski definition) is 3. The molecule has 0 bridgehead atoms. The van der Waals surface area contributed by atoms with Crippen LogP contribution in [0.5, 0.6) is 0 Å². The van der Waals surface area contributed by atoms with Crippen LogP contribution >= 0.6 is 0 Å². The lowest BCUT2D eigenvalue weighted by Crippen LogP contribution is -2.24. The van der Waals surface area contributed by atoms with Gasteiger partial charge in [-0.2, -0.15) is 5.10 Å². The number of hydrogen-bond donors (Lipinski definition) is 2. The number of carbonyl (C=O) groups excluding carboxylic acids is 1. The Kier molecular flexibility index (Phi) is 3.91. The minimum atomic E-state index is -0.00945. The maximum Gasteiger partial charge on any atom is 0.222 e. The van der Waals surface area contributed by atoms with E-state index >= 15 is 0 Å². The van der Waals surface area contributed by atoms with Gasteiger partial charge in [0.05, 0.1) is 23.3 Å². The molecule has 0 saturated heterocycles. The molecule has 2 aromatic heterocycles. The van der Waals surface area contributed by atoms with Crippen molar-refractivity contribution < 1.29 is 4.79 Å². The lowest BCUT2D eigenvalue weighted by Gasteiger charge is -2.03. The number of aryl methyl sites for hydroxylation is 3. The van der Waals surface area contributed by atoms with Gasteiger partial charge in [-0.1, -0.05) is 6.07 Å². The second kappa shape index (κ2) is 6.01. The van der Waals surface area contributed by atoms with Gasteiger partial charge < -0.3 is 10.3 Å². The van der Waals surface area contributed by atoms with Gasteiger partial charge in [-0.05, 0) is 37.6 Å². The monoisotopic (exact) mass is 297 g/mol. The van der Waals surface area contributed by atoms with Crippen molar-refractivity contribution >= 4 is 16.9 Å². The molecular weight excluding hydrogens is 278 g/mol. The van der Waals surface area contributed by atoms with Crippen molar-refractivity contribution in [3.63, 3.8) is 0 Å². The van der Waals surface area contributed by atoms with Crippen molar-refractivity contribution in [2.45, 2.75) is 33.4 Å². The average molecular weight is 297 g/mol. The smallest absolute Gasteiger partial charge is 0.222 e. The molecule has 114 valence electrons. The van der Waals surface area contributed by atoms with Crippen molar-refractivity contribution in [1.29, 1.82) is 0 Å². The van der Waals surface area contributed by atoms with E-state index in [9.17, 15) is 4.79 Å². The maximum atomic E-state index is 11.9. The Balaban J connectivity index is 1.53. The van der Waals surface area contributed by atoms with Gasteiger partial charge in [0.25, 0.3) is 0 Å². The molecule has 0 unspecified atom stereocenters.